The molecule has 0 aromatic heterocycles. The molecule has 0 bridgehead atoms. The molecule has 1 N–H and O–H groups in total. The summed E-state index contributed by atoms with van der Waals surface area (Å²) in [5.41, 5.74) is 0.616. The minimum absolute atomic E-state index is 0.0991. The van der Waals surface area contributed by atoms with Gasteiger partial charge in [-0.3, -0.25) is 4.79 Å². The fraction of sp³-hybridized carbons (Fsp3) is 0.235. The zero-order chi connectivity index (χ0) is 15.9. The maximum atomic E-state index is 13.5. The lowest BCUT2D eigenvalue weighted by atomic mass is 10.2. The van der Waals surface area contributed by atoms with Crippen molar-refractivity contribution >= 4 is 17.3 Å². The van der Waals surface area contributed by atoms with Crippen molar-refractivity contribution in [3.63, 3.8) is 0 Å². The highest BCUT2D eigenvalue weighted by molar-refractivity contribution is 5.93. The first kappa shape index (κ1) is 15.9. The lowest BCUT2D eigenvalue weighted by Gasteiger charge is -2.21. The van der Waals surface area contributed by atoms with Crippen molar-refractivity contribution in [2.24, 2.45) is 0 Å². The van der Waals surface area contributed by atoms with E-state index in [1.165, 1.54) is 18.2 Å². The number of nitrogens with one attached hydrogen (secondary N) is 1. The Morgan fingerprint density at radius 1 is 1.05 bits per heavy atom. The second kappa shape index (κ2) is 7.54. The van der Waals surface area contributed by atoms with Gasteiger partial charge in [0.05, 0.1) is 0 Å². The van der Waals surface area contributed by atoms with Crippen LogP contribution in [0.25, 0.3) is 0 Å². The van der Waals surface area contributed by atoms with Crippen LogP contribution in [0.3, 0.4) is 0 Å². The van der Waals surface area contributed by atoms with Gasteiger partial charge < -0.3 is 10.2 Å². The second-order valence-electron chi connectivity index (χ2n) is 4.75. The number of hydrogen-bond donors (Lipinski definition) is 1. The summed E-state index contributed by atoms with van der Waals surface area (Å²) in [6, 6.07) is 13.0. The predicted molar refractivity (Wildman–Crippen MR) is 83.9 cm³/mol. The first-order chi connectivity index (χ1) is 10.6. The lowest BCUT2D eigenvalue weighted by molar-refractivity contribution is -0.118. The van der Waals surface area contributed by atoms with Gasteiger partial charge in [0.2, 0.25) is 5.91 Å². The van der Waals surface area contributed by atoms with Crippen molar-refractivity contribution < 1.29 is 13.6 Å². The van der Waals surface area contributed by atoms with Crippen LogP contribution in [0.2, 0.25) is 0 Å². The van der Waals surface area contributed by atoms with Crippen LogP contribution in [0.15, 0.2) is 48.5 Å². The van der Waals surface area contributed by atoms with Gasteiger partial charge in [0.25, 0.3) is 0 Å². The molecule has 0 saturated carbocycles. The average Bonchev–Trinajstić information content (AvgIpc) is 2.52. The Hall–Kier alpha value is -2.43. The molecular weight excluding hydrogens is 286 g/mol. The second-order valence-corrected chi connectivity index (χ2v) is 4.75. The largest absolute Gasteiger partial charge is 0.380 e. The molecule has 116 valence electrons. The van der Waals surface area contributed by atoms with Crippen LogP contribution in [0, 0.1) is 11.6 Å². The highest BCUT2D eigenvalue weighted by atomic mass is 19.1. The maximum Gasteiger partial charge on any atom is 0.228 e. The fourth-order valence-electron chi connectivity index (χ4n) is 2.21. The van der Waals surface area contributed by atoms with E-state index in [1.807, 2.05) is 37.3 Å². The number of nitrogens with zero attached hydrogens (tertiary/aromatic N) is 1. The lowest BCUT2D eigenvalue weighted by Crippen LogP contribution is -2.31. The van der Waals surface area contributed by atoms with Crippen molar-refractivity contribution in [2.75, 3.05) is 23.3 Å². The van der Waals surface area contributed by atoms with E-state index in [0.29, 0.717) is 6.54 Å². The van der Waals surface area contributed by atoms with E-state index in [2.05, 4.69) is 5.32 Å². The van der Waals surface area contributed by atoms with Gasteiger partial charge >= 0.3 is 0 Å². The molecule has 0 heterocycles. The summed E-state index contributed by atoms with van der Waals surface area (Å²) in [5.74, 6) is -1.43. The maximum absolute atomic E-state index is 13.5. The van der Waals surface area contributed by atoms with E-state index in [9.17, 15) is 13.6 Å². The Balaban J connectivity index is 1.95. The van der Waals surface area contributed by atoms with Gasteiger partial charge in [0, 0.05) is 25.2 Å². The van der Waals surface area contributed by atoms with Gasteiger partial charge in [0.15, 0.2) is 0 Å². The number of para-hydroxylation sites is 2. The minimum Gasteiger partial charge on any atom is -0.380 e. The molecule has 0 fully saturated rings. The van der Waals surface area contributed by atoms with Crippen molar-refractivity contribution in [1.29, 1.82) is 0 Å². The molecule has 0 unspecified atom stereocenters. The zero-order valence-corrected chi connectivity index (χ0v) is 12.4. The molecule has 3 nitrogen and oxygen atoms in total. The van der Waals surface area contributed by atoms with Crippen molar-refractivity contribution in [1.82, 2.24) is 0 Å². The summed E-state index contributed by atoms with van der Waals surface area (Å²) in [6.45, 7) is 2.59. The number of benzene rings is 2. The normalized spacial score (nSPS) is 10.3. The Kier molecular flexibility index (Phi) is 5.47. The van der Waals surface area contributed by atoms with Gasteiger partial charge in [-0.25, -0.2) is 8.78 Å². The molecule has 2 aromatic carbocycles. The summed E-state index contributed by atoms with van der Waals surface area (Å²) < 4.78 is 26.9. The number of amides is 1. The van der Waals surface area contributed by atoms with Crippen molar-refractivity contribution in [3.05, 3.63) is 60.2 Å². The van der Waals surface area contributed by atoms with Gasteiger partial charge in [0.1, 0.15) is 17.3 Å². The van der Waals surface area contributed by atoms with Crippen LogP contribution in [0.4, 0.5) is 20.2 Å². The molecule has 0 aliphatic heterocycles. The molecule has 0 radical (unpaired) electrons. The first-order valence-electron chi connectivity index (χ1n) is 7.16. The van der Waals surface area contributed by atoms with Gasteiger partial charge in [-0.05, 0) is 31.2 Å². The van der Waals surface area contributed by atoms with Crippen LogP contribution in [0.1, 0.15) is 13.3 Å². The number of carbonyl (C=O) groups is 1. The Morgan fingerprint density at radius 3 is 2.27 bits per heavy atom. The molecule has 5 heteroatoms. The number of anilines is 2. The molecule has 2 aromatic rings. The van der Waals surface area contributed by atoms with Crippen LogP contribution >= 0.6 is 0 Å². The summed E-state index contributed by atoms with van der Waals surface area (Å²) in [6.07, 6.45) is 0.149. The summed E-state index contributed by atoms with van der Waals surface area (Å²) in [4.78, 5) is 13.9. The standard InChI is InChI=1S/C17H18F2N2O/c1-2-21(13-7-4-3-5-8-13)16(22)11-12-20-17-14(18)9-6-10-15(17)19/h3-10,20H,2,11-12H2,1H3. The molecule has 22 heavy (non-hydrogen) atoms. The van der Waals surface area contributed by atoms with Crippen LogP contribution in [-0.4, -0.2) is 19.0 Å². The number of halogens is 2. The first-order valence-corrected chi connectivity index (χ1v) is 7.16. The molecule has 0 aliphatic rings. The van der Waals surface area contributed by atoms with E-state index in [4.69, 9.17) is 0 Å². The molecule has 0 atom stereocenters. The number of hydrogen-bond acceptors (Lipinski definition) is 2. The monoisotopic (exact) mass is 304 g/mol. The summed E-state index contributed by atoms with van der Waals surface area (Å²) >= 11 is 0. The Morgan fingerprint density at radius 2 is 1.68 bits per heavy atom. The van der Waals surface area contributed by atoms with Crippen molar-refractivity contribution in [2.45, 2.75) is 13.3 Å². The van der Waals surface area contributed by atoms with Gasteiger partial charge in [-0.2, -0.15) is 0 Å². The quantitative estimate of drug-likeness (QED) is 0.880. The topological polar surface area (TPSA) is 32.3 Å². The SMILES string of the molecule is CCN(C(=O)CCNc1c(F)cccc1F)c1ccccc1. The van der Waals surface area contributed by atoms with E-state index in [-0.39, 0.29) is 24.6 Å². The number of rotatable bonds is 6. The van der Waals surface area contributed by atoms with Gasteiger partial charge in [-0.15, -0.1) is 0 Å². The number of carbonyl (C=O) groups excluding carboxylic acids is 1. The highest BCUT2D eigenvalue weighted by Gasteiger charge is 2.14. The molecule has 2 rings (SSSR count). The summed E-state index contributed by atoms with van der Waals surface area (Å²) in [5, 5.41) is 2.65. The highest BCUT2D eigenvalue weighted by Crippen LogP contribution is 2.18. The smallest absolute Gasteiger partial charge is 0.228 e. The minimum atomic E-state index is -0.664. The Bertz CT molecular complexity index is 612. The fourth-order valence-corrected chi connectivity index (χ4v) is 2.21. The average molecular weight is 304 g/mol. The summed E-state index contributed by atoms with van der Waals surface area (Å²) in [7, 11) is 0. The third-order valence-corrected chi connectivity index (χ3v) is 3.29. The van der Waals surface area contributed by atoms with Crippen molar-refractivity contribution in [3.8, 4) is 0 Å². The van der Waals surface area contributed by atoms with E-state index in [0.717, 1.165) is 5.69 Å². The van der Waals surface area contributed by atoms with E-state index < -0.39 is 11.6 Å². The molecule has 0 spiro atoms. The molecule has 1 amide bonds. The molecular formula is C17H18F2N2O. The zero-order valence-electron chi connectivity index (χ0n) is 12.4. The van der Waals surface area contributed by atoms with Crippen LogP contribution < -0.4 is 10.2 Å². The van der Waals surface area contributed by atoms with Gasteiger partial charge in [-0.1, -0.05) is 24.3 Å². The Labute approximate surface area is 128 Å². The third kappa shape index (κ3) is 3.81. The van der Waals surface area contributed by atoms with Crippen LogP contribution in [-0.2, 0) is 4.79 Å². The molecule has 0 aliphatic carbocycles. The van der Waals surface area contributed by atoms with Crippen LogP contribution in [0.5, 0.6) is 0 Å². The van der Waals surface area contributed by atoms with E-state index in [1.54, 1.807) is 4.90 Å². The third-order valence-electron chi connectivity index (χ3n) is 3.29. The molecule has 0 saturated heterocycles. The van der Waals surface area contributed by atoms with E-state index >= 15 is 0 Å². The predicted octanol–water partition coefficient (Wildman–Crippen LogP) is 3.82.